The first-order valence-corrected chi connectivity index (χ1v) is 9.92. The molecular weight excluding hydrogens is 322 g/mol. The fourth-order valence-electron chi connectivity index (χ4n) is 4.84. The average molecular weight is 351 g/mol. The highest BCUT2D eigenvalue weighted by Gasteiger charge is 2.37. The van der Waals surface area contributed by atoms with Crippen molar-refractivity contribution in [3.05, 3.63) is 41.1 Å². The Bertz CT molecular complexity index is 875. The van der Waals surface area contributed by atoms with Crippen LogP contribution in [0.5, 0.6) is 0 Å². The lowest BCUT2D eigenvalue weighted by Crippen LogP contribution is -2.47. The van der Waals surface area contributed by atoms with Gasteiger partial charge in [-0.2, -0.15) is 0 Å². The number of aromatic nitrogens is 1. The Kier molecular flexibility index (Phi) is 4.39. The van der Waals surface area contributed by atoms with Crippen molar-refractivity contribution in [1.82, 2.24) is 14.8 Å². The number of rotatable bonds is 4. The zero-order valence-corrected chi connectivity index (χ0v) is 16.3. The van der Waals surface area contributed by atoms with Crippen LogP contribution in [0.25, 0.3) is 16.5 Å². The molecule has 0 saturated heterocycles. The van der Waals surface area contributed by atoms with Crippen LogP contribution in [0.2, 0.25) is 0 Å². The molecule has 2 atom stereocenters. The molecule has 1 amide bonds. The maximum Gasteiger partial charge on any atom is 0.230 e. The molecule has 2 aromatic rings. The van der Waals surface area contributed by atoms with Crippen LogP contribution in [0.4, 0.5) is 0 Å². The molecule has 4 nitrogen and oxygen atoms in total. The SMILES string of the molecule is CCc1[nH]c2cccc3c2c1C[C@H]1C3=C[C@@H](C(=O)N(CC)CC)CN1C. The van der Waals surface area contributed by atoms with E-state index in [4.69, 9.17) is 0 Å². The number of carbonyl (C=O) groups is 1. The number of carbonyl (C=O) groups excluding carboxylic acids is 1. The van der Waals surface area contributed by atoms with Gasteiger partial charge in [-0.25, -0.2) is 0 Å². The van der Waals surface area contributed by atoms with Gasteiger partial charge in [-0.15, -0.1) is 0 Å². The molecule has 0 bridgehead atoms. The van der Waals surface area contributed by atoms with Crippen LogP contribution in [-0.4, -0.2) is 53.4 Å². The molecule has 2 heterocycles. The van der Waals surface area contributed by atoms with Gasteiger partial charge in [-0.05, 0) is 56.5 Å². The van der Waals surface area contributed by atoms with Gasteiger partial charge in [0.15, 0.2) is 0 Å². The Morgan fingerprint density at radius 3 is 2.73 bits per heavy atom. The Morgan fingerprint density at radius 1 is 1.27 bits per heavy atom. The fraction of sp³-hybridized carbons (Fsp3) is 0.500. The molecule has 26 heavy (non-hydrogen) atoms. The summed E-state index contributed by atoms with van der Waals surface area (Å²) in [6, 6.07) is 6.91. The van der Waals surface area contributed by atoms with E-state index in [2.05, 4.69) is 62.0 Å². The van der Waals surface area contributed by atoms with Gasteiger partial charge in [0.05, 0.1) is 5.92 Å². The quantitative estimate of drug-likeness (QED) is 0.916. The molecule has 2 aliphatic rings. The first-order chi connectivity index (χ1) is 12.6. The minimum absolute atomic E-state index is 0.0486. The van der Waals surface area contributed by atoms with E-state index in [1.807, 2.05) is 4.90 Å². The van der Waals surface area contributed by atoms with Gasteiger partial charge in [0, 0.05) is 42.3 Å². The molecule has 4 heteroatoms. The van der Waals surface area contributed by atoms with Gasteiger partial charge in [0.2, 0.25) is 5.91 Å². The molecule has 0 radical (unpaired) electrons. The van der Waals surface area contributed by atoms with E-state index >= 15 is 0 Å². The molecule has 0 fully saturated rings. The lowest BCUT2D eigenvalue weighted by Gasteiger charge is -2.40. The summed E-state index contributed by atoms with van der Waals surface area (Å²) in [5, 5.41) is 1.37. The van der Waals surface area contributed by atoms with Gasteiger partial charge in [0.25, 0.3) is 0 Å². The van der Waals surface area contributed by atoms with Crippen LogP contribution in [0.15, 0.2) is 24.3 Å². The van der Waals surface area contributed by atoms with Crippen LogP contribution in [0, 0.1) is 5.92 Å². The Labute approximate surface area is 155 Å². The molecule has 138 valence electrons. The third kappa shape index (κ3) is 2.50. The number of likely N-dealkylation sites (N-methyl/N-ethyl adjacent to an activating group) is 1. The van der Waals surface area contributed by atoms with Gasteiger partial charge >= 0.3 is 0 Å². The van der Waals surface area contributed by atoms with Crippen molar-refractivity contribution < 1.29 is 4.79 Å². The van der Waals surface area contributed by atoms with Crippen molar-refractivity contribution in [1.29, 1.82) is 0 Å². The molecule has 0 unspecified atom stereocenters. The zero-order chi connectivity index (χ0) is 18.4. The predicted molar refractivity (Wildman–Crippen MR) is 107 cm³/mol. The monoisotopic (exact) mass is 351 g/mol. The molecule has 1 N–H and O–H groups in total. The summed E-state index contributed by atoms with van der Waals surface area (Å²) >= 11 is 0. The maximum absolute atomic E-state index is 13.0. The topological polar surface area (TPSA) is 39.3 Å². The summed E-state index contributed by atoms with van der Waals surface area (Å²) in [7, 11) is 2.17. The lowest BCUT2D eigenvalue weighted by atomic mass is 9.79. The minimum Gasteiger partial charge on any atom is -0.358 e. The van der Waals surface area contributed by atoms with Gasteiger partial charge in [-0.1, -0.05) is 25.1 Å². The largest absolute Gasteiger partial charge is 0.358 e. The van der Waals surface area contributed by atoms with Crippen LogP contribution in [-0.2, 0) is 17.6 Å². The third-order valence-electron chi connectivity index (χ3n) is 6.23. The summed E-state index contributed by atoms with van der Waals surface area (Å²) in [6.07, 6.45) is 4.33. The molecule has 1 aromatic carbocycles. The first kappa shape index (κ1) is 17.3. The molecule has 1 aromatic heterocycles. The van der Waals surface area contributed by atoms with Crippen molar-refractivity contribution in [3.63, 3.8) is 0 Å². The standard InChI is InChI=1S/C22H29N3O/c1-5-18-17-12-20-16(15-9-8-10-19(23-18)21(15)17)11-14(13-24(20)4)22(26)25(6-2)7-3/h8-11,14,20,23H,5-7,12-13H2,1-4H3/t14-,20+/m1/s1. The number of benzene rings is 1. The van der Waals surface area contributed by atoms with Crippen molar-refractivity contribution in [2.24, 2.45) is 5.92 Å². The van der Waals surface area contributed by atoms with Crippen LogP contribution < -0.4 is 0 Å². The zero-order valence-electron chi connectivity index (χ0n) is 16.3. The number of nitrogens with one attached hydrogen (secondary N) is 1. The summed E-state index contributed by atoms with van der Waals surface area (Å²) in [6.45, 7) is 8.70. The number of aromatic amines is 1. The predicted octanol–water partition coefficient (Wildman–Crippen LogP) is 3.47. The Balaban J connectivity index is 1.83. The molecule has 1 aliphatic heterocycles. The number of fused-ring (bicyclic) bond motifs is 2. The average Bonchev–Trinajstić information content (AvgIpc) is 3.02. The van der Waals surface area contributed by atoms with E-state index in [1.165, 1.54) is 33.3 Å². The fourth-order valence-corrected chi connectivity index (χ4v) is 4.84. The summed E-state index contributed by atoms with van der Waals surface area (Å²) in [5.74, 6) is 0.210. The second kappa shape index (κ2) is 6.58. The summed E-state index contributed by atoms with van der Waals surface area (Å²) in [4.78, 5) is 20.9. The lowest BCUT2D eigenvalue weighted by molar-refractivity contribution is -0.134. The Morgan fingerprint density at radius 2 is 2.04 bits per heavy atom. The highest BCUT2D eigenvalue weighted by Crippen LogP contribution is 2.42. The molecule has 0 saturated carbocycles. The van der Waals surface area contributed by atoms with E-state index in [1.54, 1.807) is 0 Å². The van der Waals surface area contributed by atoms with Crippen molar-refractivity contribution in [2.45, 2.75) is 39.7 Å². The van der Waals surface area contributed by atoms with Crippen LogP contribution >= 0.6 is 0 Å². The third-order valence-corrected chi connectivity index (χ3v) is 6.23. The second-order valence-corrected chi connectivity index (χ2v) is 7.56. The van der Waals surface area contributed by atoms with E-state index in [-0.39, 0.29) is 11.8 Å². The number of hydrogen-bond acceptors (Lipinski definition) is 2. The van der Waals surface area contributed by atoms with Crippen molar-refractivity contribution >= 4 is 22.4 Å². The van der Waals surface area contributed by atoms with Gasteiger partial charge in [-0.3, -0.25) is 9.69 Å². The van der Waals surface area contributed by atoms with Crippen molar-refractivity contribution in [3.8, 4) is 0 Å². The highest BCUT2D eigenvalue weighted by molar-refractivity contribution is 6.00. The number of amides is 1. The Hall–Kier alpha value is -2.07. The van der Waals surface area contributed by atoms with Crippen LogP contribution in [0.1, 0.15) is 37.6 Å². The van der Waals surface area contributed by atoms with E-state index in [0.717, 1.165) is 32.5 Å². The number of nitrogens with zero attached hydrogens (tertiary/aromatic N) is 2. The first-order valence-electron chi connectivity index (χ1n) is 9.92. The minimum atomic E-state index is -0.0486. The molecule has 0 spiro atoms. The van der Waals surface area contributed by atoms with E-state index < -0.39 is 0 Å². The van der Waals surface area contributed by atoms with E-state index in [9.17, 15) is 4.79 Å². The smallest absolute Gasteiger partial charge is 0.230 e. The van der Waals surface area contributed by atoms with E-state index in [0.29, 0.717) is 6.04 Å². The summed E-state index contributed by atoms with van der Waals surface area (Å²) < 4.78 is 0. The number of aryl methyl sites for hydroxylation is 1. The normalized spacial score (nSPS) is 22.2. The van der Waals surface area contributed by atoms with Gasteiger partial charge < -0.3 is 9.88 Å². The second-order valence-electron chi connectivity index (χ2n) is 7.56. The van der Waals surface area contributed by atoms with Crippen molar-refractivity contribution in [2.75, 3.05) is 26.7 Å². The highest BCUT2D eigenvalue weighted by atomic mass is 16.2. The molecular formula is C22H29N3O. The number of hydrogen-bond donors (Lipinski definition) is 1. The van der Waals surface area contributed by atoms with Crippen LogP contribution in [0.3, 0.4) is 0 Å². The maximum atomic E-state index is 13.0. The number of H-pyrrole nitrogens is 1. The molecule has 1 aliphatic carbocycles. The summed E-state index contributed by atoms with van der Waals surface area (Å²) in [5.41, 5.74) is 6.72. The molecule has 4 rings (SSSR count). The van der Waals surface area contributed by atoms with Gasteiger partial charge in [0.1, 0.15) is 0 Å².